The zero-order valence-electron chi connectivity index (χ0n) is 40.8. The number of aliphatic hydroxyl groups excluding tert-OH is 2. The number of thiazole rings is 1. The second-order valence-corrected chi connectivity index (χ2v) is 20.9. The predicted molar refractivity (Wildman–Crippen MR) is 260 cm³/mol. The van der Waals surface area contributed by atoms with Crippen LogP contribution >= 0.6 is 11.3 Å². The molecule has 6 rings (SSSR count). The van der Waals surface area contributed by atoms with Crippen molar-refractivity contribution in [2.24, 2.45) is 5.16 Å². The molecule has 1 aliphatic heterocycles. The number of hydrogen-bond acceptors (Lipinski definition) is 20. The van der Waals surface area contributed by atoms with Gasteiger partial charge in [-0.05, 0) is 66.5 Å². The summed E-state index contributed by atoms with van der Waals surface area (Å²) in [5.74, 6) is -3.22. The van der Waals surface area contributed by atoms with Crippen molar-refractivity contribution in [2.75, 3.05) is 18.5 Å². The molecule has 0 bridgehead atoms. The molecule has 27 heteroatoms. The van der Waals surface area contributed by atoms with Crippen LogP contribution in [-0.2, 0) is 58.7 Å². The van der Waals surface area contributed by atoms with E-state index >= 15 is 0 Å². The van der Waals surface area contributed by atoms with Gasteiger partial charge in [-0.1, -0.05) is 69.9 Å². The molecule has 73 heavy (non-hydrogen) atoms. The summed E-state index contributed by atoms with van der Waals surface area (Å²) in [5, 5.41) is 34.0. The van der Waals surface area contributed by atoms with Gasteiger partial charge in [0, 0.05) is 11.4 Å². The van der Waals surface area contributed by atoms with Gasteiger partial charge < -0.3 is 39.3 Å². The molecule has 1 aliphatic rings. The molecule has 5 aromatic rings. The van der Waals surface area contributed by atoms with Gasteiger partial charge in [0.2, 0.25) is 5.60 Å². The number of rotatable bonds is 19. The number of nitrogens with zero attached hydrogens (tertiary/aromatic N) is 7. The number of esters is 1. The fraction of sp³-hybridized carbons (Fsp3) is 0.391. The Balaban J connectivity index is 1.21. The zero-order valence-corrected chi connectivity index (χ0v) is 42.5. The normalized spacial score (nSPS) is 14.6. The summed E-state index contributed by atoms with van der Waals surface area (Å²) in [6.45, 7) is 10.5. The molecule has 5 amide bonds. The molecule has 5 N–H and O–H groups in total. The Morgan fingerprint density at radius 3 is 2.07 bits per heavy atom. The van der Waals surface area contributed by atoms with Crippen molar-refractivity contribution in [3.05, 3.63) is 106 Å². The van der Waals surface area contributed by atoms with Crippen LogP contribution in [0.5, 0.6) is 11.5 Å². The number of oxime groups is 1. The molecule has 0 aliphatic carbocycles. The molecule has 4 heterocycles. The van der Waals surface area contributed by atoms with Gasteiger partial charge in [-0.2, -0.15) is 8.42 Å². The van der Waals surface area contributed by atoms with Crippen molar-refractivity contribution >= 4 is 62.3 Å². The second kappa shape index (κ2) is 22.3. The minimum Gasteiger partial charge on any atom is -0.485 e. The van der Waals surface area contributed by atoms with Crippen LogP contribution in [0.4, 0.5) is 14.7 Å². The lowest BCUT2D eigenvalue weighted by molar-refractivity contribution is -0.179. The average molecular weight is 1050 g/mol. The first-order valence-electron chi connectivity index (χ1n) is 22.2. The summed E-state index contributed by atoms with van der Waals surface area (Å²) in [5.41, 5.74) is -4.26. The fourth-order valence-electron chi connectivity index (χ4n) is 6.18. The number of amides is 5. The van der Waals surface area contributed by atoms with Gasteiger partial charge in [0.15, 0.2) is 28.2 Å². The highest BCUT2D eigenvalue weighted by molar-refractivity contribution is 7.88. The van der Waals surface area contributed by atoms with E-state index in [-0.39, 0.29) is 45.3 Å². The highest BCUT2D eigenvalue weighted by atomic mass is 32.2. The van der Waals surface area contributed by atoms with E-state index in [0.29, 0.717) is 9.47 Å². The number of aliphatic hydroxyl groups is 2. The number of hydrogen-bond donors (Lipinski definition) is 5. The monoisotopic (exact) mass is 1050 g/mol. The molecular formula is C46H54N10O15S2. The van der Waals surface area contributed by atoms with E-state index in [1.54, 1.807) is 46.3 Å². The fourth-order valence-corrected chi connectivity index (χ4v) is 7.77. The molecule has 2 atom stereocenters. The van der Waals surface area contributed by atoms with Gasteiger partial charge in [0.25, 0.3) is 11.8 Å². The first kappa shape index (κ1) is 54.6. The Kier molecular flexibility index (Phi) is 16.7. The molecule has 1 fully saturated rings. The van der Waals surface area contributed by atoms with E-state index in [4.69, 9.17) is 23.8 Å². The van der Waals surface area contributed by atoms with Crippen LogP contribution in [0.3, 0.4) is 0 Å². The highest BCUT2D eigenvalue weighted by Crippen LogP contribution is 2.32. The molecule has 25 nitrogen and oxygen atoms in total. The summed E-state index contributed by atoms with van der Waals surface area (Å²) in [4.78, 5) is 94.2. The number of carbonyl (C=O) groups excluding carboxylic acids is 5. The number of pyridine rings is 1. The van der Waals surface area contributed by atoms with Gasteiger partial charge in [-0.3, -0.25) is 24.4 Å². The molecule has 0 saturated carbocycles. The maximum atomic E-state index is 13.8. The van der Waals surface area contributed by atoms with Crippen molar-refractivity contribution < 1.29 is 66.4 Å². The maximum absolute atomic E-state index is 13.8. The van der Waals surface area contributed by atoms with Crippen molar-refractivity contribution in [1.82, 2.24) is 38.7 Å². The zero-order chi connectivity index (χ0) is 53.5. The van der Waals surface area contributed by atoms with E-state index in [1.165, 1.54) is 31.5 Å². The van der Waals surface area contributed by atoms with Gasteiger partial charge in [0.1, 0.15) is 41.8 Å². The molecule has 3 aromatic heterocycles. The van der Waals surface area contributed by atoms with E-state index in [2.05, 4.69) is 30.9 Å². The number of nitrogens with one attached hydrogen (secondary N) is 3. The molecule has 0 radical (unpaired) electrons. The highest BCUT2D eigenvalue weighted by Gasteiger charge is 2.44. The Hall–Kier alpha value is -7.75. The maximum Gasteiger partial charge on any atom is 0.413 e. The number of aromatic nitrogens is 5. The molecule has 2 aromatic carbocycles. The lowest BCUT2D eigenvalue weighted by atomic mass is 10.1. The Labute approximate surface area is 422 Å². The third kappa shape index (κ3) is 14.5. The van der Waals surface area contributed by atoms with Crippen molar-refractivity contribution in [3.63, 3.8) is 0 Å². The summed E-state index contributed by atoms with van der Waals surface area (Å²) < 4.78 is 52.5. The summed E-state index contributed by atoms with van der Waals surface area (Å²) in [7, 11) is -5.29. The summed E-state index contributed by atoms with van der Waals surface area (Å²) in [6.07, 6.45) is -1.19. The van der Waals surface area contributed by atoms with Crippen LogP contribution < -0.4 is 30.5 Å². The van der Waals surface area contributed by atoms with E-state index in [1.807, 2.05) is 60.7 Å². The molecule has 0 spiro atoms. The van der Waals surface area contributed by atoms with Gasteiger partial charge in [-0.15, -0.1) is 16.4 Å². The van der Waals surface area contributed by atoms with Crippen molar-refractivity contribution in [2.45, 2.75) is 104 Å². The number of imide groups is 1. The number of likely N-dealkylation sites (tertiary alicyclic amines) is 1. The van der Waals surface area contributed by atoms with E-state index in [9.17, 15) is 47.4 Å². The van der Waals surface area contributed by atoms with Crippen LogP contribution in [0.25, 0.3) is 11.5 Å². The van der Waals surface area contributed by atoms with Crippen LogP contribution in [0.15, 0.2) is 88.3 Å². The number of anilines is 1. The third-order valence-electron chi connectivity index (χ3n) is 9.72. The molecule has 0 unspecified atom stereocenters. The number of urea groups is 1. The Bertz CT molecular complexity index is 3040. The minimum atomic E-state index is -5.29. The smallest absolute Gasteiger partial charge is 0.413 e. The van der Waals surface area contributed by atoms with Crippen molar-refractivity contribution in [1.29, 1.82) is 0 Å². The van der Waals surface area contributed by atoms with Crippen molar-refractivity contribution in [3.8, 4) is 23.0 Å². The number of β-lactam (4-membered cyclic amide) rings is 1. The summed E-state index contributed by atoms with van der Waals surface area (Å²) >= 11 is 0.868. The largest absolute Gasteiger partial charge is 0.485 e. The first-order chi connectivity index (χ1) is 34.2. The number of benzene rings is 2. The number of carbonyl (C=O) groups is 5. The van der Waals surface area contributed by atoms with Gasteiger partial charge in [0.05, 0.1) is 32.0 Å². The summed E-state index contributed by atoms with van der Waals surface area (Å²) in [6, 6.07) is 16.6. The topological polar surface area (TPSA) is 323 Å². The minimum absolute atomic E-state index is 0.0310. The lowest BCUT2D eigenvalue weighted by Gasteiger charge is -2.36. The van der Waals surface area contributed by atoms with Gasteiger partial charge in [-0.25, -0.2) is 33.9 Å². The first-order valence-corrected chi connectivity index (χ1v) is 24.5. The molecule has 1 saturated heterocycles. The third-order valence-corrected chi connectivity index (χ3v) is 11.6. The Morgan fingerprint density at radius 2 is 1.49 bits per heavy atom. The molecular weight excluding hydrogens is 997 g/mol. The SMILES string of the molecule is CC(C)(C)OC(=O)Nc1nc(C(=NOC(C)(C)C(=O)OC(C)(C)C)C(=O)N[C@H]2CN(C(=O)NS(=O)(=O)n3nc(-c4cc(OCc5ccccc5)c(OCc5ccccc5)cn4)n(C[C@H](O)CO)c3=O)C2=O)cs1. The predicted octanol–water partition coefficient (Wildman–Crippen LogP) is 3.09. The average Bonchev–Trinajstić information content (AvgIpc) is 3.91. The lowest BCUT2D eigenvalue weighted by Crippen LogP contribution is -2.68. The van der Waals surface area contributed by atoms with E-state index < -0.39 is 106 Å². The molecule has 390 valence electrons. The second-order valence-electron chi connectivity index (χ2n) is 18.6. The van der Waals surface area contributed by atoms with Crippen LogP contribution in [0.2, 0.25) is 0 Å². The standard InChI is InChI=1S/C46H54N10O15S2/c1-44(2,3)69-39(61)46(7,8)71-52-35(32-26-72-40(49-32)50-42(63)70-45(4,5)6)37(59)48-31-22-55(38(31)60)41(62)53-73(65,66)56-43(64)54(21-29(58)23-57)36(51-56)30-19-33(67-24-27-15-11-9-12-16-27)34(20-47-30)68-25-28-17-13-10-14-18-28/h9-20,26,29,31,57-58H,21-25H2,1-8H3,(H,48,59)(H,53,62)(H,49,50,63)/t29-,31-/m0/s1. The van der Waals surface area contributed by atoms with Crippen LogP contribution in [-0.4, -0.2) is 125 Å². The van der Waals surface area contributed by atoms with Crippen LogP contribution in [0.1, 0.15) is 72.2 Å². The van der Waals surface area contributed by atoms with Gasteiger partial charge >= 0.3 is 34.0 Å². The van der Waals surface area contributed by atoms with E-state index in [0.717, 1.165) is 22.5 Å². The number of ether oxygens (including phenoxy) is 4. The quantitative estimate of drug-likeness (QED) is 0.0343. The Morgan fingerprint density at radius 1 is 0.890 bits per heavy atom. The van der Waals surface area contributed by atoms with Crippen LogP contribution in [0, 0.1) is 0 Å².